The van der Waals surface area contributed by atoms with Gasteiger partial charge in [-0.15, -0.1) is 0 Å². The molecule has 136 valence electrons. The summed E-state index contributed by atoms with van der Waals surface area (Å²) in [7, 11) is 0. The Kier molecular flexibility index (Phi) is 5.77. The Hall–Kier alpha value is -1.84. The molecule has 2 aliphatic rings. The van der Waals surface area contributed by atoms with Gasteiger partial charge < -0.3 is 5.73 Å². The van der Waals surface area contributed by atoms with Gasteiger partial charge in [0.25, 0.3) is 5.91 Å². The van der Waals surface area contributed by atoms with Crippen molar-refractivity contribution in [2.24, 2.45) is 16.6 Å². The second-order valence-electron chi connectivity index (χ2n) is 7.45. The van der Waals surface area contributed by atoms with E-state index in [0.29, 0.717) is 12.5 Å². The molecule has 1 aliphatic carbocycles. The highest BCUT2D eigenvalue weighted by Crippen LogP contribution is 2.46. The summed E-state index contributed by atoms with van der Waals surface area (Å²) in [6.45, 7) is 2.88. The minimum atomic E-state index is -0.795. The van der Waals surface area contributed by atoms with Gasteiger partial charge in [0.1, 0.15) is 0 Å². The lowest BCUT2D eigenvalue weighted by Crippen LogP contribution is -2.47. The first-order chi connectivity index (χ1) is 12.2. The standard InChI is InChI=1S/C21H31N3O/c1-2-3-4-11-16-24-19(25)21(23-20(24)22,17-12-7-5-8-13-17)18-14-9-6-10-15-18/h5,7-8,12-13,18H,2-4,6,9-11,14-16H2,1H3,(H2,22,23)/t21-/m0/s1. The van der Waals surface area contributed by atoms with Crippen LogP contribution in [0.3, 0.4) is 0 Å². The monoisotopic (exact) mass is 341 g/mol. The fourth-order valence-electron chi connectivity index (χ4n) is 4.41. The lowest BCUT2D eigenvalue weighted by atomic mass is 9.71. The number of amides is 1. The van der Waals surface area contributed by atoms with Crippen molar-refractivity contribution in [3.8, 4) is 0 Å². The van der Waals surface area contributed by atoms with Crippen LogP contribution in [0.4, 0.5) is 0 Å². The van der Waals surface area contributed by atoms with Gasteiger partial charge in [-0.3, -0.25) is 9.69 Å². The summed E-state index contributed by atoms with van der Waals surface area (Å²) < 4.78 is 0. The van der Waals surface area contributed by atoms with E-state index < -0.39 is 5.54 Å². The zero-order valence-electron chi connectivity index (χ0n) is 15.4. The molecule has 2 N–H and O–H groups in total. The van der Waals surface area contributed by atoms with Crippen LogP contribution in [-0.4, -0.2) is 23.3 Å². The van der Waals surface area contributed by atoms with E-state index >= 15 is 0 Å². The quantitative estimate of drug-likeness (QED) is 0.756. The molecule has 1 saturated carbocycles. The molecule has 1 heterocycles. The third kappa shape index (κ3) is 3.44. The molecule has 1 atom stereocenters. The number of nitrogens with zero attached hydrogens (tertiary/aromatic N) is 2. The molecule has 3 rings (SSSR count). The van der Waals surface area contributed by atoms with Crippen LogP contribution >= 0.6 is 0 Å². The molecule has 1 fully saturated rings. The molecule has 25 heavy (non-hydrogen) atoms. The number of nitrogens with two attached hydrogens (primary N) is 1. The van der Waals surface area contributed by atoms with Gasteiger partial charge in [-0.05, 0) is 30.7 Å². The molecule has 0 unspecified atom stereocenters. The highest BCUT2D eigenvalue weighted by molar-refractivity contribution is 6.07. The Balaban J connectivity index is 1.89. The zero-order chi connectivity index (χ0) is 17.7. The zero-order valence-corrected chi connectivity index (χ0v) is 15.4. The van der Waals surface area contributed by atoms with Crippen molar-refractivity contribution < 1.29 is 4.79 Å². The predicted octanol–water partition coefficient (Wildman–Crippen LogP) is 4.20. The molecule has 0 spiro atoms. The number of carbonyl (C=O) groups is 1. The van der Waals surface area contributed by atoms with Crippen molar-refractivity contribution in [1.82, 2.24) is 4.90 Å². The van der Waals surface area contributed by atoms with Gasteiger partial charge in [-0.1, -0.05) is 75.8 Å². The molecule has 1 aromatic carbocycles. The van der Waals surface area contributed by atoms with Crippen LogP contribution in [0, 0.1) is 5.92 Å². The van der Waals surface area contributed by atoms with Crippen LogP contribution in [0.25, 0.3) is 0 Å². The van der Waals surface area contributed by atoms with Crippen molar-refractivity contribution in [1.29, 1.82) is 0 Å². The van der Waals surface area contributed by atoms with Gasteiger partial charge in [-0.2, -0.15) is 0 Å². The lowest BCUT2D eigenvalue weighted by molar-refractivity contribution is -0.134. The molecule has 4 heteroatoms. The van der Waals surface area contributed by atoms with E-state index in [1.54, 1.807) is 4.90 Å². The van der Waals surface area contributed by atoms with Gasteiger partial charge in [0.05, 0.1) is 0 Å². The Morgan fingerprint density at radius 1 is 1.12 bits per heavy atom. The highest BCUT2D eigenvalue weighted by Gasteiger charge is 2.53. The Bertz CT molecular complexity index is 607. The van der Waals surface area contributed by atoms with Gasteiger partial charge in [0, 0.05) is 6.54 Å². The second kappa shape index (κ2) is 8.03. The SMILES string of the molecule is CCCCCCN1C(=O)[C@](c2ccccc2)(C2CCCCC2)N=C1N. The largest absolute Gasteiger partial charge is 0.369 e. The molecule has 1 amide bonds. The van der Waals surface area contributed by atoms with E-state index in [1.165, 1.54) is 32.1 Å². The Labute approximate surface area is 151 Å². The van der Waals surface area contributed by atoms with Gasteiger partial charge in [0.15, 0.2) is 11.5 Å². The minimum absolute atomic E-state index is 0.0969. The normalized spacial score (nSPS) is 24.6. The summed E-state index contributed by atoms with van der Waals surface area (Å²) in [5, 5.41) is 0. The maximum absolute atomic E-state index is 13.5. The average molecular weight is 341 g/mol. The fourth-order valence-corrected chi connectivity index (χ4v) is 4.41. The molecule has 0 aromatic heterocycles. The molecule has 0 saturated heterocycles. The first kappa shape index (κ1) is 18.0. The third-order valence-electron chi connectivity index (χ3n) is 5.78. The third-order valence-corrected chi connectivity index (χ3v) is 5.78. The number of aliphatic imine (C=N–C) groups is 1. The number of hydrogen-bond donors (Lipinski definition) is 1. The van der Waals surface area contributed by atoms with Crippen LogP contribution in [0.2, 0.25) is 0 Å². The highest BCUT2D eigenvalue weighted by atomic mass is 16.2. The summed E-state index contributed by atoms with van der Waals surface area (Å²) in [5.74, 6) is 0.769. The number of rotatable bonds is 7. The maximum atomic E-state index is 13.5. The summed E-state index contributed by atoms with van der Waals surface area (Å²) in [4.78, 5) is 20.1. The molecule has 0 radical (unpaired) electrons. The summed E-state index contributed by atoms with van der Waals surface area (Å²) in [5.41, 5.74) is 6.47. The van der Waals surface area contributed by atoms with E-state index in [0.717, 1.165) is 31.2 Å². The number of carbonyl (C=O) groups excluding carboxylic acids is 1. The topological polar surface area (TPSA) is 58.7 Å². The molecular formula is C21H31N3O. The van der Waals surface area contributed by atoms with Crippen molar-refractivity contribution in [3.63, 3.8) is 0 Å². The Morgan fingerprint density at radius 2 is 1.84 bits per heavy atom. The first-order valence-corrected chi connectivity index (χ1v) is 9.93. The van der Waals surface area contributed by atoms with E-state index in [4.69, 9.17) is 10.7 Å². The van der Waals surface area contributed by atoms with Crippen molar-refractivity contribution in [2.45, 2.75) is 70.3 Å². The van der Waals surface area contributed by atoms with Crippen LogP contribution in [0.5, 0.6) is 0 Å². The minimum Gasteiger partial charge on any atom is -0.369 e. The summed E-state index contributed by atoms with van der Waals surface area (Å²) >= 11 is 0. The van der Waals surface area contributed by atoms with E-state index in [-0.39, 0.29) is 11.8 Å². The van der Waals surface area contributed by atoms with Crippen LogP contribution in [0.1, 0.15) is 70.3 Å². The van der Waals surface area contributed by atoms with Crippen LogP contribution in [0.15, 0.2) is 35.3 Å². The van der Waals surface area contributed by atoms with Gasteiger partial charge >= 0.3 is 0 Å². The molecule has 1 aliphatic heterocycles. The second-order valence-corrected chi connectivity index (χ2v) is 7.45. The van der Waals surface area contributed by atoms with Crippen molar-refractivity contribution in [2.75, 3.05) is 6.54 Å². The van der Waals surface area contributed by atoms with Crippen molar-refractivity contribution >= 4 is 11.9 Å². The maximum Gasteiger partial charge on any atom is 0.262 e. The Morgan fingerprint density at radius 3 is 2.52 bits per heavy atom. The fraction of sp³-hybridized carbons (Fsp3) is 0.619. The van der Waals surface area contributed by atoms with Gasteiger partial charge in [0.2, 0.25) is 0 Å². The number of hydrogen-bond acceptors (Lipinski definition) is 3. The van der Waals surface area contributed by atoms with Crippen LogP contribution in [-0.2, 0) is 10.3 Å². The van der Waals surface area contributed by atoms with E-state index in [2.05, 4.69) is 6.92 Å². The predicted molar refractivity (Wildman–Crippen MR) is 102 cm³/mol. The average Bonchev–Trinajstić information content (AvgIpc) is 2.92. The van der Waals surface area contributed by atoms with Crippen LogP contribution < -0.4 is 5.73 Å². The summed E-state index contributed by atoms with van der Waals surface area (Å²) in [6, 6.07) is 10.1. The van der Waals surface area contributed by atoms with Gasteiger partial charge in [-0.25, -0.2) is 4.99 Å². The summed E-state index contributed by atoms with van der Waals surface area (Å²) in [6.07, 6.45) is 10.2. The molecular weight excluding hydrogens is 310 g/mol. The lowest BCUT2D eigenvalue weighted by Gasteiger charge is -2.36. The number of benzene rings is 1. The van der Waals surface area contributed by atoms with E-state index in [1.807, 2.05) is 30.3 Å². The number of unbranched alkanes of at least 4 members (excludes halogenated alkanes) is 3. The smallest absolute Gasteiger partial charge is 0.262 e. The molecule has 0 bridgehead atoms. The first-order valence-electron chi connectivity index (χ1n) is 9.93. The molecule has 1 aromatic rings. The number of guanidine groups is 1. The molecule has 4 nitrogen and oxygen atoms in total. The van der Waals surface area contributed by atoms with Crippen molar-refractivity contribution in [3.05, 3.63) is 35.9 Å². The van der Waals surface area contributed by atoms with E-state index in [9.17, 15) is 4.79 Å².